The monoisotopic (exact) mass is 348 g/mol. The fourth-order valence-corrected chi connectivity index (χ4v) is 3.58. The summed E-state index contributed by atoms with van der Waals surface area (Å²) >= 11 is 1.54. The van der Waals surface area contributed by atoms with Crippen LogP contribution in [0.1, 0.15) is 6.42 Å². The summed E-state index contributed by atoms with van der Waals surface area (Å²) in [4.78, 5) is 12.0. The van der Waals surface area contributed by atoms with E-state index in [1.165, 1.54) is 11.8 Å². The van der Waals surface area contributed by atoms with Crippen LogP contribution in [-0.4, -0.2) is 26.3 Å². The average molecular weight is 348 g/mol. The van der Waals surface area contributed by atoms with Gasteiger partial charge in [-0.3, -0.25) is 9.20 Å². The van der Waals surface area contributed by atoms with E-state index in [-0.39, 0.29) is 5.91 Å². The highest BCUT2D eigenvalue weighted by molar-refractivity contribution is 7.99. The zero-order valence-electron chi connectivity index (χ0n) is 13.4. The van der Waals surface area contributed by atoms with Gasteiger partial charge in [0.05, 0.1) is 5.52 Å². The SMILES string of the molecule is O=C(CCSc1nnc2ccc3ccccc3n12)Nc1ccccc1. The fourth-order valence-electron chi connectivity index (χ4n) is 2.69. The molecule has 0 spiro atoms. The lowest BCUT2D eigenvalue weighted by molar-refractivity contribution is -0.115. The average Bonchev–Trinajstić information content (AvgIpc) is 3.06. The summed E-state index contributed by atoms with van der Waals surface area (Å²) in [5.41, 5.74) is 2.70. The summed E-state index contributed by atoms with van der Waals surface area (Å²) in [6.07, 6.45) is 0.416. The van der Waals surface area contributed by atoms with Gasteiger partial charge in [0.1, 0.15) is 0 Å². The Hall–Kier alpha value is -2.86. The lowest BCUT2D eigenvalue weighted by atomic mass is 10.2. The first kappa shape index (κ1) is 15.7. The summed E-state index contributed by atoms with van der Waals surface area (Å²) < 4.78 is 2.04. The number of nitrogens with zero attached hydrogens (tertiary/aromatic N) is 3. The summed E-state index contributed by atoms with van der Waals surface area (Å²) in [5.74, 6) is 0.639. The highest BCUT2D eigenvalue weighted by Crippen LogP contribution is 2.23. The number of carbonyl (C=O) groups excluding carboxylic acids is 1. The maximum atomic E-state index is 12.0. The van der Waals surface area contributed by atoms with Gasteiger partial charge >= 0.3 is 0 Å². The van der Waals surface area contributed by atoms with Gasteiger partial charge in [-0.25, -0.2) is 0 Å². The summed E-state index contributed by atoms with van der Waals surface area (Å²) in [5, 5.41) is 13.3. The molecule has 0 unspecified atom stereocenters. The summed E-state index contributed by atoms with van der Waals surface area (Å²) in [6.45, 7) is 0. The standard InChI is InChI=1S/C19H16N4OS/c24-18(20-15-7-2-1-3-8-15)12-13-25-19-22-21-17-11-10-14-6-4-5-9-16(14)23(17)19/h1-11H,12-13H2,(H,20,24). The molecule has 0 aliphatic rings. The topological polar surface area (TPSA) is 59.3 Å². The third-order valence-electron chi connectivity index (χ3n) is 3.87. The number of para-hydroxylation sites is 2. The Balaban J connectivity index is 1.46. The molecule has 124 valence electrons. The van der Waals surface area contributed by atoms with Crippen molar-refractivity contribution in [2.75, 3.05) is 11.1 Å². The maximum absolute atomic E-state index is 12.0. The molecule has 0 bridgehead atoms. The van der Waals surface area contributed by atoms with Crippen LogP contribution in [-0.2, 0) is 4.79 Å². The minimum atomic E-state index is -0.00243. The number of amides is 1. The second-order valence-corrected chi connectivity index (χ2v) is 6.64. The molecule has 0 atom stereocenters. The zero-order valence-corrected chi connectivity index (χ0v) is 14.2. The normalized spacial score (nSPS) is 11.0. The number of pyridine rings is 1. The molecule has 1 amide bonds. The lowest BCUT2D eigenvalue weighted by Crippen LogP contribution is -2.12. The Labute approximate surface area is 149 Å². The number of anilines is 1. The molecule has 0 saturated carbocycles. The quantitative estimate of drug-likeness (QED) is 0.554. The highest BCUT2D eigenvalue weighted by atomic mass is 32.2. The minimum absolute atomic E-state index is 0.00243. The van der Waals surface area contributed by atoms with E-state index in [0.717, 1.165) is 27.4 Å². The Kier molecular flexibility index (Phi) is 4.35. The molecule has 0 aliphatic carbocycles. The van der Waals surface area contributed by atoms with E-state index < -0.39 is 0 Å². The molecular weight excluding hydrogens is 332 g/mol. The Morgan fingerprint density at radius 1 is 0.960 bits per heavy atom. The van der Waals surface area contributed by atoms with E-state index in [9.17, 15) is 4.79 Å². The van der Waals surface area contributed by atoms with Crippen molar-refractivity contribution in [3.63, 3.8) is 0 Å². The molecule has 0 saturated heterocycles. The van der Waals surface area contributed by atoms with Crippen molar-refractivity contribution in [3.8, 4) is 0 Å². The van der Waals surface area contributed by atoms with E-state index >= 15 is 0 Å². The van der Waals surface area contributed by atoms with Gasteiger partial charge in [-0.2, -0.15) is 0 Å². The van der Waals surface area contributed by atoms with Crippen LogP contribution in [0.3, 0.4) is 0 Å². The molecule has 2 heterocycles. The van der Waals surface area contributed by atoms with Crippen LogP contribution < -0.4 is 5.32 Å². The van der Waals surface area contributed by atoms with Crippen molar-refractivity contribution in [1.29, 1.82) is 0 Å². The van der Waals surface area contributed by atoms with E-state index in [1.54, 1.807) is 0 Å². The molecule has 0 radical (unpaired) electrons. The van der Waals surface area contributed by atoms with Crippen LogP contribution in [0.2, 0.25) is 0 Å². The van der Waals surface area contributed by atoms with Crippen LogP contribution in [0.25, 0.3) is 16.6 Å². The number of hydrogen-bond acceptors (Lipinski definition) is 4. The van der Waals surface area contributed by atoms with Crippen molar-refractivity contribution in [2.45, 2.75) is 11.6 Å². The predicted molar refractivity (Wildman–Crippen MR) is 101 cm³/mol. The summed E-state index contributed by atoms with van der Waals surface area (Å²) in [6, 6.07) is 21.6. The predicted octanol–water partition coefficient (Wildman–Crippen LogP) is 4.00. The first-order valence-electron chi connectivity index (χ1n) is 8.02. The van der Waals surface area contributed by atoms with Crippen molar-refractivity contribution in [3.05, 3.63) is 66.7 Å². The second kappa shape index (κ2) is 6.94. The van der Waals surface area contributed by atoms with E-state index in [1.807, 2.05) is 59.0 Å². The molecule has 4 aromatic rings. The number of hydrogen-bond donors (Lipinski definition) is 1. The van der Waals surface area contributed by atoms with Gasteiger partial charge in [0.15, 0.2) is 10.8 Å². The molecule has 0 fully saturated rings. The van der Waals surface area contributed by atoms with Crippen molar-refractivity contribution in [1.82, 2.24) is 14.6 Å². The number of aromatic nitrogens is 3. The Morgan fingerprint density at radius 3 is 2.64 bits per heavy atom. The van der Waals surface area contributed by atoms with Crippen molar-refractivity contribution >= 4 is 39.9 Å². The third kappa shape index (κ3) is 3.34. The number of fused-ring (bicyclic) bond motifs is 3. The molecule has 2 aromatic heterocycles. The van der Waals surface area contributed by atoms with E-state index in [2.05, 4.69) is 27.6 Å². The maximum Gasteiger partial charge on any atom is 0.225 e. The van der Waals surface area contributed by atoms with Crippen LogP contribution in [0, 0.1) is 0 Å². The van der Waals surface area contributed by atoms with Crippen LogP contribution in [0.4, 0.5) is 5.69 Å². The largest absolute Gasteiger partial charge is 0.326 e. The Morgan fingerprint density at radius 2 is 1.76 bits per heavy atom. The van der Waals surface area contributed by atoms with Gasteiger partial charge in [-0.1, -0.05) is 48.2 Å². The fraction of sp³-hybridized carbons (Fsp3) is 0.105. The summed E-state index contributed by atoms with van der Waals surface area (Å²) in [7, 11) is 0. The molecule has 5 nitrogen and oxygen atoms in total. The highest BCUT2D eigenvalue weighted by Gasteiger charge is 2.10. The molecule has 0 aliphatic heterocycles. The van der Waals surface area contributed by atoms with Gasteiger partial charge in [0, 0.05) is 17.9 Å². The minimum Gasteiger partial charge on any atom is -0.326 e. The molecule has 6 heteroatoms. The molecule has 1 N–H and O–H groups in total. The molecular formula is C19H16N4OS. The third-order valence-corrected chi connectivity index (χ3v) is 4.80. The molecule has 4 rings (SSSR count). The van der Waals surface area contributed by atoms with Crippen molar-refractivity contribution < 1.29 is 4.79 Å². The molecule has 2 aromatic carbocycles. The van der Waals surface area contributed by atoms with E-state index in [4.69, 9.17) is 0 Å². The van der Waals surface area contributed by atoms with Gasteiger partial charge < -0.3 is 5.32 Å². The van der Waals surface area contributed by atoms with Gasteiger partial charge in [-0.15, -0.1) is 10.2 Å². The number of rotatable bonds is 5. The number of benzene rings is 2. The van der Waals surface area contributed by atoms with E-state index in [0.29, 0.717) is 12.2 Å². The number of thioether (sulfide) groups is 1. The molecule has 25 heavy (non-hydrogen) atoms. The zero-order chi connectivity index (χ0) is 17.1. The van der Waals surface area contributed by atoms with Crippen LogP contribution in [0.5, 0.6) is 0 Å². The van der Waals surface area contributed by atoms with Crippen LogP contribution in [0.15, 0.2) is 71.9 Å². The first-order chi connectivity index (χ1) is 12.3. The van der Waals surface area contributed by atoms with Gasteiger partial charge in [0.2, 0.25) is 5.91 Å². The van der Waals surface area contributed by atoms with Crippen LogP contribution >= 0.6 is 11.8 Å². The second-order valence-electron chi connectivity index (χ2n) is 5.58. The smallest absolute Gasteiger partial charge is 0.225 e. The number of carbonyl (C=O) groups is 1. The Bertz CT molecular complexity index is 1030. The number of nitrogens with one attached hydrogen (secondary N) is 1. The first-order valence-corrected chi connectivity index (χ1v) is 9.00. The lowest BCUT2D eigenvalue weighted by Gasteiger charge is -2.06. The van der Waals surface area contributed by atoms with Gasteiger partial charge in [-0.05, 0) is 35.7 Å². The van der Waals surface area contributed by atoms with Crippen molar-refractivity contribution in [2.24, 2.45) is 0 Å². The van der Waals surface area contributed by atoms with Gasteiger partial charge in [0.25, 0.3) is 0 Å².